The number of methoxy groups -OCH3 is 1. The fourth-order valence-electron chi connectivity index (χ4n) is 2.47. The van der Waals surface area contributed by atoms with Crippen molar-refractivity contribution >= 4 is 27.6 Å². The first-order valence-electron chi connectivity index (χ1n) is 7.75. The van der Waals surface area contributed by atoms with Gasteiger partial charge in [0.2, 0.25) is 10.0 Å². The molecule has 2 rings (SSSR count). The second kappa shape index (κ2) is 8.16. The molecule has 1 atom stereocenters. The van der Waals surface area contributed by atoms with Crippen molar-refractivity contribution in [1.29, 1.82) is 0 Å². The Hall–Kier alpha value is -1.96. The zero-order valence-electron chi connectivity index (χ0n) is 14.5. The van der Waals surface area contributed by atoms with Gasteiger partial charge in [0.1, 0.15) is 11.9 Å². The fraction of sp³-hybridized carbons (Fsp3) is 0.278. The Morgan fingerprint density at radius 3 is 2.38 bits per heavy atom. The van der Waals surface area contributed by atoms with Gasteiger partial charge in [-0.15, -0.1) is 0 Å². The van der Waals surface area contributed by atoms with Gasteiger partial charge in [-0.3, -0.25) is 4.79 Å². The number of halogens is 2. The molecule has 1 N–H and O–H groups in total. The van der Waals surface area contributed by atoms with E-state index >= 15 is 0 Å². The van der Waals surface area contributed by atoms with Crippen molar-refractivity contribution in [2.24, 2.45) is 0 Å². The van der Waals surface area contributed by atoms with Gasteiger partial charge >= 0.3 is 5.97 Å². The van der Waals surface area contributed by atoms with E-state index in [0.717, 1.165) is 0 Å². The van der Waals surface area contributed by atoms with Gasteiger partial charge in [-0.25, -0.2) is 12.8 Å². The number of carbonyl (C=O) groups excluding carboxylic acids is 1. The molecule has 0 heterocycles. The van der Waals surface area contributed by atoms with Crippen LogP contribution in [0, 0.1) is 19.7 Å². The number of nitrogens with one attached hydrogen (secondary N) is 1. The average Bonchev–Trinajstić information content (AvgIpc) is 2.58. The summed E-state index contributed by atoms with van der Waals surface area (Å²) < 4.78 is 45.7. The molecular formula is C18H19ClFNO4S. The molecule has 26 heavy (non-hydrogen) atoms. The molecule has 1 unspecified atom stereocenters. The van der Waals surface area contributed by atoms with Crippen molar-refractivity contribution in [2.45, 2.75) is 31.2 Å². The maximum absolute atomic E-state index is 13.0. The van der Waals surface area contributed by atoms with Gasteiger partial charge in [-0.2, -0.15) is 4.72 Å². The summed E-state index contributed by atoms with van der Waals surface area (Å²) >= 11 is 6.01. The zero-order valence-corrected chi connectivity index (χ0v) is 16.1. The molecule has 2 aromatic carbocycles. The molecular weight excluding hydrogens is 381 g/mol. The summed E-state index contributed by atoms with van der Waals surface area (Å²) in [6, 6.07) is 7.31. The quantitative estimate of drug-likeness (QED) is 0.757. The van der Waals surface area contributed by atoms with Gasteiger partial charge in [0.05, 0.1) is 12.0 Å². The molecule has 0 aliphatic heterocycles. The molecule has 8 heteroatoms. The number of sulfonamides is 1. The van der Waals surface area contributed by atoms with E-state index in [1.165, 1.54) is 37.4 Å². The second-order valence-electron chi connectivity index (χ2n) is 5.89. The topological polar surface area (TPSA) is 72.5 Å². The highest BCUT2D eigenvalue weighted by Gasteiger charge is 2.28. The third kappa shape index (κ3) is 4.81. The molecule has 0 saturated heterocycles. The predicted molar refractivity (Wildman–Crippen MR) is 97.2 cm³/mol. The number of hydrogen-bond donors (Lipinski definition) is 1. The molecule has 0 aliphatic carbocycles. The molecule has 140 valence electrons. The number of ether oxygens (including phenoxy) is 1. The Bertz CT molecular complexity index is 914. The first-order valence-corrected chi connectivity index (χ1v) is 9.61. The van der Waals surface area contributed by atoms with Crippen LogP contribution in [0.1, 0.15) is 16.7 Å². The van der Waals surface area contributed by atoms with E-state index in [2.05, 4.69) is 4.72 Å². The summed E-state index contributed by atoms with van der Waals surface area (Å²) in [7, 11) is -2.82. The van der Waals surface area contributed by atoms with Crippen molar-refractivity contribution < 1.29 is 22.3 Å². The minimum Gasteiger partial charge on any atom is -0.468 e. The van der Waals surface area contributed by atoms with Crippen LogP contribution >= 0.6 is 11.6 Å². The van der Waals surface area contributed by atoms with Gasteiger partial charge < -0.3 is 4.74 Å². The number of benzene rings is 2. The smallest absolute Gasteiger partial charge is 0.324 e. The van der Waals surface area contributed by atoms with Crippen molar-refractivity contribution in [3.63, 3.8) is 0 Å². The standard InChI is InChI=1S/C18H19ClFNO4S/c1-11-9-17(12(2)8-15(11)19)26(23,24)21-16(18(22)25-3)10-13-4-6-14(20)7-5-13/h4-9,16,21H,10H2,1-3H3. The normalized spacial score (nSPS) is 12.7. The van der Waals surface area contributed by atoms with E-state index in [1.54, 1.807) is 19.9 Å². The minimum atomic E-state index is -4.00. The molecule has 0 bridgehead atoms. The molecule has 0 aliphatic rings. The summed E-state index contributed by atoms with van der Waals surface area (Å²) in [4.78, 5) is 12.1. The Morgan fingerprint density at radius 2 is 1.81 bits per heavy atom. The molecule has 0 fully saturated rings. The van der Waals surface area contributed by atoms with E-state index in [4.69, 9.17) is 16.3 Å². The van der Waals surface area contributed by atoms with Gasteiger partial charge in [0.25, 0.3) is 0 Å². The third-order valence-electron chi connectivity index (χ3n) is 3.88. The lowest BCUT2D eigenvalue weighted by Gasteiger charge is -2.18. The van der Waals surface area contributed by atoms with E-state index in [1.807, 2.05) is 0 Å². The van der Waals surface area contributed by atoms with Crippen LogP contribution in [0.25, 0.3) is 0 Å². The first-order chi connectivity index (χ1) is 12.1. The van der Waals surface area contributed by atoms with E-state index in [9.17, 15) is 17.6 Å². The average molecular weight is 400 g/mol. The van der Waals surface area contributed by atoms with Crippen LogP contribution < -0.4 is 4.72 Å². The van der Waals surface area contributed by atoms with Gasteiger partial charge in [0.15, 0.2) is 0 Å². The van der Waals surface area contributed by atoms with E-state index in [0.29, 0.717) is 21.7 Å². The third-order valence-corrected chi connectivity index (χ3v) is 5.90. The van der Waals surface area contributed by atoms with Crippen LogP contribution in [-0.2, 0) is 26.0 Å². The number of hydrogen-bond acceptors (Lipinski definition) is 4. The van der Waals surface area contributed by atoms with Crippen LogP contribution in [-0.4, -0.2) is 27.5 Å². The van der Waals surface area contributed by atoms with Crippen molar-refractivity contribution in [3.05, 3.63) is 63.9 Å². The van der Waals surface area contributed by atoms with Gasteiger partial charge in [-0.1, -0.05) is 23.7 Å². The molecule has 0 saturated carbocycles. The number of esters is 1. The lowest BCUT2D eigenvalue weighted by molar-refractivity contribution is -0.142. The summed E-state index contributed by atoms with van der Waals surface area (Å²) in [5, 5.41) is 0.456. The molecule has 0 amide bonds. The van der Waals surface area contributed by atoms with E-state index < -0.39 is 27.9 Å². The molecule has 2 aromatic rings. The summed E-state index contributed by atoms with van der Waals surface area (Å²) in [6.45, 7) is 3.31. The zero-order chi connectivity index (χ0) is 19.5. The minimum absolute atomic E-state index is 0.0256. The number of aryl methyl sites for hydroxylation is 2. The summed E-state index contributed by atoms with van der Waals surface area (Å²) in [5.74, 6) is -1.16. The molecule has 5 nitrogen and oxygen atoms in total. The Kier molecular flexibility index (Phi) is 6.39. The van der Waals surface area contributed by atoms with Crippen LogP contribution in [0.3, 0.4) is 0 Å². The van der Waals surface area contributed by atoms with Gasteiger partial charge in [0, 0.05) is 5.02 Å². The lowest BCUT2D eigenvalue weighted by atomic mass is 10.1. The van der Waals surface area contributed by atoms with Crippen LogP contribution in [0.15, 0.2) is 41.3 Å². The highest BCUT2D eigenvalue weighted by molar-refractivity contribution is 7.89. The monoisotopic (exact) mass is 399 g/mol. The maximum Gasteiger partial charge on any atom is 0.324 e. The highest BCUT2D eigenvalue weighted by atomic mass is 35.5. The summed E-state index contributed by atoms with van der Waals surface area (Å²) in [6.07, 6.45) is 0.0256. The van der Waals surface area contributed by atoms with Crippen LogP contribution in [0.2, 0.25) is 5.02 Å². The lowest BCUT2D eigenvalue weighted by Crippen LogP contribution is -2.43. The largest absolute Gasteiger partial charge is 0.468 e. The van der Waals surface area contributed by atoms with Crippen LogP contribution in [0.5, 0.6) is 0 Å². The second-order valence-corrected chi connectivity index (χ2v) is 7.98. The molecule has 0 radical (unpaired) electrons. The predicted octanol–water partition coefficient (Wildman–Crippen LogP) is 3.16. The fourth-order valence-corrected chi connectivity index (χ4v) is 4.18. The molecule has 0 aromatic heterocycles. The maximum atomic E-state index is 13.0. The number of carbonyl (C=O) groups is 1. The van der Waals surface area contributed by atoms with Crippen molar-refractivity contribution in [2.75, 3.05) is 7.11 Å². The Labute approximate surface area is 157 Å². The Morgan fingerprint density at radius 1 is 1.19 bits per heavy atom. The van der Waals surface area contributed by atoms with E-state index in [-0.39, 0.29) is 11.3 Å². The number of rotatable bonds is 6. The van der Waals surface area contributed by atoms with Gasteiger partial charge in [-0.05, 0) is 61.2 Å². The Balaban J connectivity index is 2.33. The van der Waals surface area contributed by atoms with Crippen molar-refractivity contribution in [1.82, 2.24) is 4.72 Å². The molecule has 0 spiro atoms. The van der Waals surface area contributed by atoms with Crippen molar-refractivity contribution in [3.8, 4) is 0 Å². The highest BCUT2D eigenvalue weighted by Crippen LogP contribution is 2.24. The SMILES string of the molecule is COC(=O)C(Cc1ccc(F)cc1)NS(=O)(=O)c1cc(C)c(Cl)cc1C. The van der Waals surface area contributed by atoms with Crippen LogP contribution in [0.4, 0.5) is 4.39 Å². The summed E-state index contributed by atoms with van der Waals surface area (Å²) in [5.41, 5.74) is 1.65. The first kappa shape index (κ1) is 20.4.